The molecule has 0 bridgehead atoms. The van der Waals surface area contributed by atoms with Gasteiger partial charge in [-0.25, -0.2) is 4.68 Å². The van der Waals surface area contributed by atoms with E-state index in [1.165, 1.54) is 50.5 Å². The Hall–Kier alpha value is -2.58. The van der Waals surface area contributed by atoms with Crippen LogP contribution in [0, 0.1) is 6.92 Å². The fraction of sp³-hybridized carbons (Fsp3) is 0.630. The van der Waals surface area contributed by atoms with E-state index < -0.39 is 0 Å². The van der Waals surface area contributed by atoms with E-state index in [4.69, 9.17) is 0 Å². The molecule has 3 aromatic rings. The van der Waals surface area contributed by atoms with Crippen LogP contribution in [0.15, 0.2) is 29.1 Å². The summed E-state index contributed by atoms with van der Waals surface area (Å²) in [6.45, 7) is 6.01. The number of piperazine rings is 1. The van der Waals surface area contributed by atoms with E-state index in [2.05, 4.69) is 49.4 Å². The molecule has 8 heteroatoms. The van der Waals surface area contributed by atoms with Gasteiger partial charge in [0.15, 0.2) is 5.82 Å². The number of fused-ring (bicyclic) bond motifs is 1. The lowest BCUT2D eigenvalue weighted by Crippen LogP contribution is -2.52. The minimum Gasteiger partial charge on any atom is -0.322 e. The van der Waals surface area contributed by atoms with Gasteiger partial charge in [-0.15, -0.1) is 5.10 Å². The Balaban J connectivity index is 1.37. The van der Waals surface area contributed by atoms with Crippen molar-refractivity contribution in [3.05, 3.63) is 51.6 Å². The van der Waals surface area contributed by atoms with Crippen LogP contribution in [-0.2, 0) is 0 Å². The monoisotopic (exact) mass is 475 g/mol. The number of benzene rings is 1. The van der Waals surface area contributed by atoms with E-state index in [0.29, 0.717) is 6.04 Å². The zero-order valence-electron chi connectivity index (χ0n) is 20.8. The molecule has 1 saturated heterocycles. The van der Waals surface area contributed by atoms with Crippen molar-refractivity contribution in [3.8, 4) is 0 Å². The summed E-state index contributed by atoms with van der Waals surface area (Å²) in [5, 5.41) is 14.2. The van der Waals surface area contributed by atoms with Gasteiger partial charge in [0, 0.05) is 43.3 Å². The molecule has 0 unspecified atom stereocenters. The van der Waals surface area contributed by atoms with Gasteiger partial charge in [0.1, 0.15) is 6.04 Å². The van der Waals surface area contributed by atoms with Gasteiger partial charge < -0.3 is 4.98 Å². The number of nitrogens with zero attached hydrogens (tertiary/aromatic N) is 6. The predicted octanol–water partition coefficient (Wildman–Crippen LogP) is 3.98. The lowest BCUT2D eigenvalue weighted by molar-refractivity contribution is 0.0613. The molecule has 0 amide bonds. The minimum absolute atomic E-state index is 0.0398. The zero-order chi connectivity index (χ0) is 23.8. The third kappa shape index (κ3) is 4.54. The van der Waals surface area contributed by atoms with Crippen molar-refractivity contribution in [2.45, 2.75) is 82.8 Å². The van der Waals surface area contributed by atoms with Gasteiger partial charge in [-0.05, 0) is 66.6 Å². The van der Waals surface area contributed by atoms with Crippen molar-refractivity contribution in [1.29, 1.82) is 0 Å². The van der Waals surface area contributed by atoms with Crippen LogP contribution in [0.2, 0.25) is 0 Å². The summed E-state index contributed by atoms with van der Waals surface area (Å²) in [5.41, 5.74) is 2.77. The third-order valence-corrected chi connectivity index (χ3v) is 8.56. The van der Waals surface area contributed by atoms with Crippen molar-refractivity contribution >= 4 is 10.9 Å². The van der Waals surface area contributed by atoms with Crippen LogP contribution < -0.4 is 5.56 Å². The summed E-state index contributed by atoms with van der Waals surface area (Å²) in [7, 11) is 0. The molecule has 1 atom stereocenters. The molecule has 2 saturated carbocycles. The van der Waals surface area contributed by atoms with E-state index in [1.807, 2.05) is 16.8 Å². The van der Waals surface area contributed by atoms with Crippen molar-refractivity contribution in [2.75, 3.05) is 26.2 Å². The fourth-order valence-electron chi connectivity index (χ4n) is 6.64. The largest absolute Gasteiger partial charge is 0.322 e. The highest BCUT2D eigenvalue weighted by molar-refractivity contribution is 5.79. The first-order chi connectivity index (χ1) is 17.2. The van der Waals surface area contributed by atoms with E-state index in [-0.39, 0.29) is 11.6 Å². The lowest BCUT2D eigenvalue weighted by Gasteiger charge is -2.43. The molecule has 6 rings (SSSR count). The molecule has 35 heavy (non-hydrogen) atoms. The summed E-state index contributed by atoms with van der Waals surface area (Å²) in [6.07, 6.45) is 11.4. The molecule has 1 N–H and O–H groups in total. The maximum absolute atomic E-state index is 13.5. The number of aryl methyl sites for hydroxylation is 1. The first-order valence-electron chi connectivity index (χ1n) is 13.6. The number of hydrogen-bond donors (Lipinski definition) is 1. The van der Waals surface area contributed by atoms with Crippen molar-refractivity contribution < 1.29 is 0 Å². The molecule has 2 aromatic heterocycles. The summed E-state index contributed by atoms with van der Waals surface area (Å²) in [5.74, 6) is 0.820. The Morgan fingerprint density at radius 1 is 0.914 bits per heavy atom. The average molecular weight is 476 g/mol. The first-order valence-corrected chi connectivity index (χ1v) is 13.6. The zero-order valence-corrected chi connectivity index (χ0v) is 20.8. The van der Waals surface area contributed by atoms with Crippen LogP contribution in [0.5, 0.6) is 0 Å². The lowest BCUT2D eigenvalue weighted by atomic mass is 9.93. The number of pyridine rings is 1. The van der Waals surface area contributed by atoms with Crippen LogP contribution in [0.4, 0.5) is 0 Å². The van der Waals surface area contributed by atoms with Gasteiger partial charge in [-0.1, -0.05) is 43.7 Å². The third-order valence-electron chi connectivity index (χ3n) is 8.56. The molecule has 3 aliphatic rings. The van der Waals surface area contributed by atoms with Crippen molar-refractivity contribution in [3.63, 3.8) is 0 Å². The van der Waals surface area contributed by atoms with Gasteiger partial charge in [-0.3, -0.25) is 14.6 Å². The molecule has 2 aliphatic carbocycles. The first kappa shape index (κ1) is 22.9. The molecule has 1 aromatic carbocycles. The fourth-order valence-corrected chi connectivity index (χ4v) is 6.64. The molecular weight excluding hydrogens is 438 g/mol. The van der Waals surface area contributed by atoms with Crippen LogP contribution >= 0.6 is 0 Å². The number of nitrogens with one attached hydrogen (secondary N) is 1. The Morgan fingerprint density at radius 2 is 1.63 bits per heavy atom. The second kappa shape index (κ2) is 9.82. The number of aromatic nitrogens is 5. The Morgan fingerprint density at radius 3 is 2.40 bits per heavy atom. The molecule has 3 fully saturated rings. The second-order valence-electron chi connectivity index (χ2n) is 10.8. The van der Waals surface area contributed by atoms with Gasteiger partial charge in [0.05, 0.1) is 6.04 Å². The second-order valence-corrected chi connectivity index (χ2v) is 10.8. The van der Waals surface area contributed by atoms with Crippen molar-refractivity contribution in [1.82, 2.24) is 35.0 Å². The summed E-state index contributed by atoms with van der Waals surface area (Å²) in [4.78, 5) is 21.7. The van der Waals surface area contributed by atoms with Gasteiger partial charge in [-0.2, -0.15) is 0 Å². The smallest absolute Gasteiger partial charge is 0.253 e. The summed E-state index contributed by atoms with van der Waals surface area (Å²) >= 11 is 0. The average Bonchev–Trinajstić information content (AvgIpc) is 3.58. The highest BCUT2D eigenvalue weighted by Gasteiger charge is 2.35. The van der Waals surface area contributed by atoms with E-state index in [0.717, 1.165) is 67.4 Å². The summed E-state index contributed by atoms with van der Waals surface area (Å²) < 4.78 is 2.03. The minimum atomic E-state index is -0.243. The molecule has 3 heterocycles. The molecule has 0 radical (unpaired) electrons. The highest BCUT2D eigenvalue weighted by atomic mass is 16.1. The van der Waals surface area contributed by atoms with Crippen LogP contribution in [0.3, 0.4) is 0 Å². The Bertz CT molecular complexity index is 1210. The van der Waals surface area contributed by atoms with Crippen LogP contribution in [0.25, 0.3) is 10.9 Å². The quantitative estimate of drug-likeness (QED) is 0.601. The predicted molar refractivity (Wildman–Crippen MR) is 136 cm³/mol. The number of H-pyrrole nitrogens is 1. The molecule has 8 nitrogen and oxygen atoms in total. The maximum Gasteiger partial charge on any atom is 0.253 e. The van der Waals surface area contributed by atoms with E-state index >= 15 is 0 Å². The van der Waals surface area contributed by atoms with Crippen LogP contribution in [-0.4, -0.2) is 67.2 Å². The number of aromatic amines is 1. The summed E-state index contributed by atoms with van der Waals surface area (Å²) in [6, 6.07) is 9.07. The van der Waals surface area contributed by atoms with Gasteiger partial charge in [0.2, 0.25) is 0 Å². The Labute approximate surface area is 206 Å². The number of rotatable bonds is 5. The molecular formula is C27H37N7O. The van der Waals surface area contributed by atoms with Gasteiger partial charge in [0.25, 0.3) is 5.56 Å². The normalized spacial score (nSPS) is 22.2. The Kier molecular flexibility index (Phi) is 6.41. The highest BCUT2D eigenvalue weighted by Crippen LogP contribution is 2.34. The van der Waals surface area contributed by atoms with Gasteiger partial charge >= 0.3 is 0 Å². The topological polar surface area (TPSA) is 82.9 Å². The molecule has 186 valence electrons. The number of tetrazole rings is 1. The van der Waals surface area contributed by atoms with E-state index in [1.54, 1.807) is 0 Å². The van der Waals surface area contributed by atoms with Crippen molar-refractivity contribution in [2.24, 2.45) is 0 Å². The SMILES string of the molecule is Cc1ccc2[nH]c(=O)c([C@@H](c3nnnn3C3CCCC3)N3CCN(C4CCCCC4)CC3)cc2c1. The molecule has 0 spiro atoms. The van der Waals surface area contributed by atoms with Crippen LogP contribution in [0.1, 0.15) is 86.8 Å². The number of hydrogen-bond acceptors (Lipinski definition) is 6. The standard InChI is InChI=1S/C27H37N7O/c1-19-11-12-24-20(17-19)18-23(27(35)28-24)25(26-29-30-31-34(26)22-9-5-6-10-22)33-15-13-32(14-16-33)21-7-3-2-4-8-21/h11-12,17-18,21-22,25H,2-10,13-16H2,1H3,(H,28,35)/t25-/m0/s1. The van der Waals surface area contributed by atoms with E-state index in [9.17, 15) is 4.79 Å². The maximum atomic E-state index is 13.5. The molecule has 1 aliphatic heterocycles.